The predicted octanol–water partition coefficient (Wildman–Crippen LogP) is 4.44. The lowest BCUT2D eigenvalue weighted by atomic mass is 10.1. The third-order valence-corrected chi connectivity index (χ3v) is 3.21. The largest absolute Gasteiger partial charge is 0.206 e. The second-order valence-corrected chi connectivity index (χ2v) is 4.86. The second-order valence-electron chi connectivity index (χ2n) is 4.86. The Kier molecular flexibility index (Phi) is 5.13. The van der Waals surface area contributed by atoms with Crippen molar-refractivity contribution in [3.05, 3.63) is 70.5 Å². The summed E-state index contributed by atoms with van der Waals surface area (Å²) in [6.07, 6.45) is 3.46. The van der Waals surface area contributed by atoms with Crippen LogP contribution in [0.15, 0.2) is 42.5 Å². The van der Waals surface area contributed by atoms with Crippen molar-refractivity contribution in [2.75, 3.05) is 0 Å². The molecule has 0 N–H and O–H groups in total. The summed E-state index contributed by atoms with van der Waals surface area (Å²) in [6.45, 7) is 2.18. The van der Waals surface area contributed by atoms with E-state index < -0.39 is 5.82 Å². The van der Waals surface area contributed by atoms with Crippen LogP contribution in [-0.2, 0) is 6.42 Å². The van der Waals surface area contributed by atoms with E-state index in [0.29, 0.717) is 5.56 Å². The number of benzene rings is 2. The minimum Gasteiger partial charge on any atom is -0.206 e. The van der Waals surface area contributed by atoms with Gasteiger partial charge in [-0.2, -0.15) is 5.26 Å². The van der Waals surface area contributed by atoms with E-state index in [2.05, 4.69) is 30.9 Å². The number of rotatable bonds is 3. The molecule has 0 amide bonds. The first kappa shape index (κ1) is 14.8. The van der Waals surface area contributed by atoms with Crippen molar-refractivity contribution >= 4 is 0 Å². The first-order chi connectivity index (χ1) is 10.2. The molecule has 2 aromatic carbocycles. The maximum absolute atomic E-state index is 13.5. The zero-order chi connectivity index (χ0) is 15.1. The fourth-order valence-corrected chi connectivity index (χ4v) is 1.96. The fourth-order valence-electron chi connectivity index (χ4n) is 1.96. The van der Waals surface area contributed by atoms with E-state index in [1.807, 2.05) is 12.1 Å². The molecule has 1 nitrogen and oxygen atoms in total. The average molecular weight is 277 g/mol. The number of nitrogens with zero attached hydrogens (tertiary/aromatic N) is 1. The number of nitriles is 1. The van der Waals surface area contributed by atoms with Crippen LogP contribution in [0, 0.1) is 29.0 Å². The molecule has 0 saturated heterocycles. The highest BCUT2D eigenvalue weighted by Gasteiger charge is 2.00. The van der Waals surface area contributed by atoms with Gasteiger partial charge in [0.2, 0.25) is 0 Å². The van der Waals surface area contributed by atoms with Gasteiger partial charge in [0.15, 0.2) is 0 Å². The normalized spacial score (nSPS) is 9.57. The Morgan fingerprint density at radius 1 is 1.00 bits per heavy atom. The van der Waals surface area contributed by atoms with Gasteiger partial charge in [0.05, 0.1) is 5.56 Å². The topological polar surface area (TPSA) is 23.8 Å². The third-order valence-electron chi connectivity index (χ3n) is 3.21. The lowest BCUT2D eigenvalue weighted by molar-refractivity contribution is 0.623. The molecule has 0 heterocycles. The van der Waals surface area contributed by atoms with Crippen molar-refractivity contribution in [1.29, 1.82) is 5.26 Å². The minimum atomic E-state index is -0.529. The quantitative estimate of drug-likeness (QED) is 0.761. The van der Waals surface area contributed by atoms with Crippen molar-refractivity contribution in [1.82, 2.24) is 0 Å². The van der Waals surface area contributed by atoms with E-state index in [1.165, 1.54) is 30.5 Å². The molecule has 0 aliphatic heterocycles. The Bertz CT molecular complexity index is 712. The highest BCUT2D eigenvalue weighted by molar-refractivity contribution is 5.45. The fraction of sp³-hybridized carbons (Fsp3) is 0.211. The lowest BCUT2D eigenvalue weighted by Crippen LogP contribution is -1.86. The Labute approximate surface area is 125 Å². The highest BCUT2D eigenvalue weighted by atomic mass is 19.1. The summed E-state index contributed by atoms with van der Waals surface area (Å²) in [5, 5.41) is 8.68. The van der Waals surface area contributed by atoms with Crippen molar-refractivity contribution in [2.45, 2.75) is 26.2 Å². The van der Waals surface area contributed by atoms with Gasteiger partial charge in [0, 0.05) is 11.1 Å². The smallest absolute Gasteiger partial charge is 0.142 e. The summed E-state index contributed by atoms with van der Waals surface area (Å²) in [5.41, 5.74) is 2.83. The van der Waals surface area contributed by atoms with Gasteiger partial charge in [-0.05, 0) is 48.7 Å². The van der Waals surface area contributed by atoms with Gasteiger partial charge >= 0.3 is 0 Å². The number of unbranched alkanes of at least 4 members (excludes halogenated alkanes) is 1. The Balaban J connectivity index is 2.12. The first-order valence-corrected chi connectivity index (χ1v) is 7.03. The van der Waals surface area contributed by atoms with Crippen molar-refractivity contribution in [3.8, 4) is 17.9 Å². The molecule has 2 heteroatoms. The molecule has 0 unspecified atom stereocenters. The van der Waals surface area contributed by atoms with Crippen LogP contribution < -0.4 is 0 Å². The van der Waals surface area contributed by atoms with Gasteiger partial charge in [-0.25, -0.2) is 4.39 Å². The van der Waals surface area contributed by atoms with E-state index in [0.717, 1.165) is 12.0 Å². The maximum atomic E-state index is 13.5. The van der Waals surface area contributed by atoms with E-state index >= 15 is 0 Å². The summed E-state index contributed by atoms with van der Waals surface area (Å²) in [4.78, 5) is 0. The van der Waals surface area contributed by atoms with E-state index in [4.69, 9.17) is 5.26 Å². The Morgan fingerprint density at radius 3 is 2.29 bits per heavy atom. The van der Waals surface area contributed by atoms with Crippen molar-refractivity contribution < 1.29 is 4.39 Å². The van der Waals surface area contributed by atoms with Crippen LogP contribution in [0.3, 0.4) is 0 Å². The van der Waals surface area contributed by atoms with Crippen LogP contribution in [-0.4, -0.2) is 0 Å². The molecule has 104 valence electrons. The van der Waals surface area contributed by atoms with E-state index in [1.54, 1.807) is 12.1 Å². The molecule has 0 saturated carbocycles. The molecule has 2 aromatic rings. The summed E-state index contributed by atoms with van der Waals surface area (Å²) in [7, 11) is 0. The number of hydrogen-bond donors (Lipinski definition) is 0. The molecule has 2 rings (SSSR count). The van der Waals surface area contributed by atoms with E-state index in [-0.39, 0.29) is 5.56 Å². The summed E-state index contributed by atoms with van der Waals surface area (Å²) >= 11 is 0. The van der Waals surface area contributed by atoms with Crippen LogP contribution in [0.4, 0.5) is 4.39 Å². The van der Waals surface area contributed by atoms with Crippen LogP contribution >= 0.6 is 0 Å². The molecule has 0 atom stereocenters. The number of hydrogen-bond acceptors (Lipinski definition) is 1. The molecule has 0 radical (unpaired) electrons. The molecule has 0 aromatic heterocycles. The zero-order valence-electron chi connectivity index (χ0n) is 12.0. The van der Waals surface area contributed by atoms with E-state index in [9.17, 15) is 4.39 Å². The van der Waals surface area contributed by atoms with Gasteiger partial charge < -0.3 is 0 Å². The minimum absolute atomic E-state index is 0.0424. The van der Waals surface area contributed by atoms with Crippen LogP contribution in [0.5, 0.6) is 0 Å². The third kappa shape index (κ3) is 4.20. The predicted molar refractivity (Wildman–Crippen MR) is 82.1 cm³/mol. The molecule has 0 bridgehead atoms. The van der Waals surface area contributed by atoms with Gasteiger partial charge in [0.1, 0.15) is 11.9 Å². The Hall–Kier alpha value is -2.58. The molecule has 0 fully saturated rings. The maximum Gasteiger partial charge on any atom is 0.142 e. The summed E-state index contributed by atoms with van der Waals surface area (Å²) in [5.74, 6) is 5.40. The highest BCUT2D eigenvalue weighted by Crippen LogP contribution is 2.10. The van der Waals surface area contributed by atoms with Crippen molar-refractivity contribution in [3.63, 3.8) is 0 Å². The second kappa shape index (κ2) is 7.27. The molecule has 21 heavy (non-hydrogen) atoms. The van der Waals surface area contributed by atoms with Gasteiger partial charge in [0.25, 0.3) is 0 Å². The van der Waals surface area contributed by atoms with Gasteiger partial charge in [-0.1, -0.05) is 37.3 Å². The van der Waals surface area contributed by atoms with Gasteiger partial charge in [-0.3, -0.25) is 0 Å². The van der Waals surface area contributed by atoms with Crippen LogP contribution in [0.25, 0.3) is 0 Å². The molecule has 0 aliphatic rings. The number of halogens is 1. The van der Waals surface area contributed by atoms with Crippen LogP contribution in [0.1, 0.15) is 42.0 Å². The standard InChI is InChI=1S/C19H16FN/c1-2-3-4-15-5-7-16(8-6-15)9-10-17-11-12-18(14-21)19(20)13-17/h5-8,11-13H,2-4H2,1H3. The first-order valence-electron chi connectivity index (χ1n) is 7.03. The summed E-state index contributed by atoms with van der Waals surface area (Å²) < 4.78 is 13.5. The monoisotopic (exact) mass is 277 g/mol. The van der Waals surface area contributed by atoms with Gasteiger partial charge in [-0.15, -0.1) is 0 Å². The van der Waals surface area contributed by atoms with Crippen molar-refractivity contribution in [2.24, 2.45) is 0 Å². The SMILES string of the molecule is CCCCc1ccc(C#Cc2ccc(C#N)c(F)c2)cc1. The Morgan fingerprint density at radius 2 is 1.67 bits per heavy atom. The molecule has 0 aliphatic carbocycles. The zero-order valence-corrected chi connectivity index (χ0v) is 12.0. The lowest BCUT2D eigenvalue weighted by Gasteiger charge is -1.99. The molecule has 0 spiro atoms. The molecular weight excluding hydrogens is 261 g/mol. The van der Waals surface area contributed by atoms with Crippen LogP contribution in [0.2, 0.25) is 0 Å². The number of aryl methyl sites for hydroxylation is 1. The average Bonchev–Trinajstić information content (AvgIpc) is 2.52. The molecular formula is C19H16FN. The summed E-state index contributed by atoms with van der Waals surface area (Å²) in [6, 6.07) is 14.3.